The highest BCUT2D eigenvalue weighted by molar-refractivity contribution is 7.84. The molecule has 0 aliphatic rings. The van der Waals surface area contributed by atoms with Crippen molar-refractivity contribution in [3.63, 3.8) is 0 Å². The fourth-order valence-electron chi connectivity index (χ4n) is 1.34. The van der Waals surface area contributed by atoms with E-state index in [0.29, 0.717) is 5.56 Å². The van der Waals surface area contributed by atoms with Crippen LogP contribution in [0.25, 0.3) is 0 Å². The van der Waals surface area contributed by atoms with Gasteiger partial charge in [0, 0.05) is 0 Å². The van der Waals surface area contributed by atoms with Crippen LogP contribution in [0.2, 0.25) is 0 Å². The van der Waals surface area contributed by atoms with E-state index in [0.717, 1.165) is 0 Å². The molecule has 0 saturated carbocycles. The average molecular weight is 318 g/mol. The molecule has 1 rings (SSSR count). The number of ether oxygens (including phenoxy) is 1. The molecule has 1 aromatic rings. The zero-order valence-electron chi connectivity index (χ0n) is 11.9. The number of amides is 1. The summed E-state index contributed by atoms with van der Waals surface area (Å²) in [5.74, 6) is -0.253. The number of hydrogen-bond donors (Lipinski definition) is 3. The molecule has 9 heteroatoms. The van der Waals surface area contributed by atoms with E-state index in [1.807, 2.05) is 0 Å². The summed E-state index contributed by atoms with van der Waals surface area (Å²) < 4.78 is 30.7. The van der Waals surface area contributed by atoms with Crippen molar-refractivity contribution >= 4 is 22.1 Å². The maximum Gasteiger partial charge on any atom is 0.412 e. The summed E-state index contributed by atoms with van der Waals surface area (Å²) >= 11 is 0. The van der Waals surface area contributed by atoms with Crippen molar-refractivity contribution in [2.24, 2.45) is 5.14 Å². The zero-order chi connectivity index (χ0) is 16.3. The molecule has 8 nitrogen and oxygen atoms in total. The molecule has 1 amide bonds. The number of nitrogens with two attached hydrogens (primary N) is 1. The van der Waals surface area contributed by atoms with Crippen LogP contribution in [0.3, 0.4) is 0 Å². The van der Waals surface area contributed by atoms with Crippen LogP contribution in [0.1, 0.15) is 26.3 Å². The van der Waals surface area contributed by atoms with Crippen molar-refractivity contribution in [1.82, 2.24) is 0 Å². The number of hydrogen-bond acceptors (Lipinski definition) is 6. The highest BCUT2D eigenvalue weighted by Crippen LogP contribution is 2.25. The Hall–Kier alpha value is -1.84. The topological polar surface area (TPSA) is 128 Å². The zero-order valence-corrected chi connectivity index (χ0v) is 12.7. The van der Waals surface area contributed by atoms with Crippen LogP contribution in [0.5, 0.6) is 5.75 Å². The van der Waals surface area contributed by atoms with Gasteiger partial charge in [-0.2, -0.15) is 8.42 Å². The lowest BCUT2D eigenvalue weighted by atomic mass is 10.2. The van der Waals surface area contributed by atoms with Crippen molar-refractivity contribution in [3.05, 3.63) is 23.8 Å². The third-order valence-corrected chi connectivity index (χ3v) is 2.53. The minimum absolute atomic E-state index is 0.128. The molecule has 0 aliphatic carbocycles. The van der Waals surface area contributed by atoms with Gasteiger partial charge in [0.2, 0.25) is 0 Å². The lowest BCUT2D eigenvalue weighted by Gasteiger charge is -2.20. The van der Waals surface area contributed by atoms with E-state index in [2.05, 4.69) is 14.6 Å². The predicted octanol–water partition coefficient (Wildman–Crippen LogP) is 1.46. The predicted molar refractivity (Wildman–Crippen MR) is 75.9 cm³/mol. The van der Waals surface area contributed by atoms with E-state index in [4.69, 9.17) is 4.74 Å². The molecular weight excluding hydrogens is 300 g/mol. The van der Waals surface area contributed by atoms with E-state index >= 15 is 0 Å². The monoisotopic (exact) mass is 318 g/mol. The Morgan fingerprint density at radius 1 is 1.38 bits per heavy atom. The van der Waals surface area contributed by atoms with E-state index < -0.39 is 22.0 Å². The number of aromatic hydroxyl groups is 1. The molecule has 21 heavy (non-hydrogen) atoms. The normalized spacial score (nSPS) is 12.0. The first-order chi connectivity index (χ1) is 9.46. The second-order valence-corrected chi connectivity index (χ2v) is 6.45. The van der Waals surface area contributed by atoms with Crippen LogP contribution in [0.4, 0.5) is 10.5 Å². The van der Waals surface area contributed by atoms with Gasteiger partial charge < -0.3 is 9.84 Å². The Balaban J connectivity index is 2.72. The Kier molecular flexibility index (Phi) is 5.15. The number of phenolic OH excluding ortho intramolecular Hbond substituents is 1. The summed E-state index contributed by atoms with van der Waals surface area (Å²) in [4.78, 5) is 11.6. The fraction of sp³-hybridized carbons (Fsp3) is 0.417. The number of nitrogens with one attached hydrogen (secondary N) is 1. The van der Waals surface area contributed by atoms with Crippen molar-refractivity contribution in [3.8, 4) is 5.75 Å². The van der Waals surface area contributed by atoms with Crippen LogP contribution < -0.4 is 10.5 Å². The fourth-order valence-corrected chi connectivity index (χ4v) is 1.64. The van der Waals surface area contributed by atoms with Gasteiger partial charge in [0.25, 0.3) is 0 Å². The van der Waals surface area contributed by atoms with Crippen LogP contribution >= 0.6 is 0 Å². The first-order valence-electron chi connectivity index (χ1n) is 5.95. The second-order valence-electron chi connectivity index (χ2n) is 5.23. The smallest absolute Gasteiger partial charge is 0.412 e. The van der Waals surface area contributed by atoms with Gasteiger partial charge in [0.05, 0.1) is 12.3 Å². The minimum Gasteiger partial charge on any atom is -0.506 e. The summed E-state index contributed by atoms with van der Waals surface area (Å²) in [5, 5.41) is 16.8. The van der Waals surface area contributed by atoms with Gasteiger partial charge >= 0.3 is 16.4 Å². The first kappa shape index (κ1) is 17.2. The highest BCUT2D eigenvalue weighted by Gasteiger charge is 2.17. The summed E-state index contributed by atoms with van der Waals surface area (Å²) in [6.07, 6.45) is -0.716. The van der Waals surface area contributed by atoms with Crippen LogP contribution in [-0.2, 0) is 25.8 Å². The number of rotatable bonds is 4. The van der Waals surface area contributed by atoms with E-state index in [1.54, 1.807) is 20.8 Å². The molecule has 118 valence electrons. The summed E-state index contributed by atoms with van der Waals surface area (Å²) in [5.41, 5.74) is -0.164. The summed E-state index contributed by atoms with van der Waals surface area (Å²) in [6.45, 7) is 4.81. The van der Waals surface area contributed by atoms with Crippen LogP contribution in [0, 0.1) is 0 Å². The van der Waals surface area contributed by atoms with Gasteiger partial charge in [0.15, 0.2) is 0 Å². The van der Waals surface area contributed by atoms with Gasteiger partial charge in [-0.1, -0.05) is 6.07 Å². The molecular formula is C12H18N2O6S. The van der Waals surface area contributed by atoms with Gasteiger partial charge in [0.1, 0.15) is 11.4 Å². The third-order valence-electron chi connectivity index (χ3n) is 2.09. The van der Waals surface area contributed by atoms with Crippen molar-refractivity contribution in [2.45, 2.75) is 33.0 Å². The molecule has 0 atom stereocenters. The SMILES string of the molecule is CC(C)(C)OC(=O)Nc1ccc(COS(N)(=O)=O)cc1O. The Labute approximate surface area is 123 Å². The molecule has 1 aromatic carbocycles. The van der Waals surface area contributed by atoms with Gasteiger partial charge in [-0.3, -0.25) is 9.50 Å². The second kappa shape index (κ2) is 6.29. The van der Waals surface area contributed by atoms with Gasteiger partial charge in [-0.25, -0.2) is 9.93 Å². The van der Waals surface area contributed by atoms with E-state index in [1.165, 1.54) is 18.2 Å². The Bertz CT molecular complexity index is 621. The maximum absolute atomic E-state index is 11.6. The highest BCUT2D eigenvalue weighted by atomic mass is 32.2. The standard InChI is InChI=1S/C12H18N2O6S/c1-12(2,3)20-11(16)14-9-5-4-8(6-10(9)15)7-19-21(13,17)18/h4-6,15H,7H2,1-3H3,(H,14,16)(H2,13,17,18). The third kappa shape index (κ3) is 6.93. The number of anilines is 1. The van der Waals surface area contributed by atoms with Crippen LogP contribution in [0.15, 0.2) is 18.2 Å². The molecule has 0 fully saturated rings. The number of phenols is 1. The molecule has 0 aromatic heterocycles. The number of carbonyl (C=O) groups is 1. The first-order valence-corrected chi connectivity index (χ1v) is 7.42. The molecule has 0 heterocycles. The van der Waals surface area contributed by atoms with Crippen molar-refractivity contribution < 1.29 is 27.2 Å². The van der Waals surface area contributed by atoms with E-state index in [-0.39, 0.29) is 18.0 Å². The van der Waals surface area contributed by atoms with Crippen molar-refractivity contribution in [2.75, 3.05) is 5.32 Å². The summed E-state index contributed by atoms with van der Waals surface area (Å²) in [6, 6.07) is 4.11. The minimum atomic E-state index is -4.06. The van der Waals surface area contributed by atoms with Gasteiger partial charge in [-0.15, -0.1) is 0 Å². The quantitative estimate of drug-likeness (QED) is 0.721. The summed E-state index contributed by atoms with van der Waals surface area (Å²) in [7, 11) is -4.06. The number of benzene rings is 1. The lowest BCUT2D eigenvalue weighted by Crippen LogP contribution is -2.27. The number of carbonyl (C=O) groups excluding carboxylic acids is 1. The molecule has 0 radical (unpaired) electrons. The average Bonchev–Trinajstić information content (AvgIpc) is 2.26. The molecule has 0 aliphatic heterocycles. The van der Waals surface area contributed by atoms with E-state index in [9.17, 15) is 18.3 Å². The molecule has 0 unspecified atom stereocenters. The van der Waals surface area contributed by atoms with Gasteiger partial charge in [-0.05, 0) is 38.5 Å². The largest absolute Gasteiger partial charge is 0.506 e. The molecule has 0 saturated heterocycles. The van der Waals surface area contributed by atoms with Crippen LogP contribution in [-0.4, -0.2) is 25.2 Å². The molecule has 0 spiro atoms. The maximum atomic E-state index is 11.6. The lowest BCUT2D eigenvalue weighted by molar-refractivity contribution is 0.0635. The molecule has 0 bridgehead atoms. The molecule has 4 N–H and O–H groups in total. The Morgan fingerprint density at radius 2 is 2.00 bits per heavy atom. The Morgan fingerprint density at radius 3 is 2.48 bits per heavy atom. The van der Waals surface area contributed by atoms with Crippen molar-refractivity contribution in [1.29, 1.82) is 0 Å².